The molecule has 1 aliphatic heterocycles. The van der Waals surface area contributed by atoms with Gasteiger partial charge in [-0.2, -0.15) is 0 Å². The molecular weight excluding hydrogens is 316 g/mol. The normalized spacial score (nSPS) is 15.0. The second-order valence-electron chi connectivity index (χ2n) is 6.37. The van der Waals surface area contributed by atoms with Crippen molar-refractivity contribution in [2.24, 2.45) is 0 Å². The van der Waals surface area contributed by atoms with Gasteiger partial charge in [-0.1, -0.05) is 12.8 Å². The quantitative estimate of drug-likeness (QED) is 0.794. The van der Waals surface area contributed by atoms with Gasteiger partial charge in [0.25, 0.3) is 0 Å². The van der Waals surface area contributed by atoms with E-state index < -0.39 is 0 Å². The summed E-state index contributed by atoms with van der Waals surface area (Å²) < 4.78 is 11.3. The zero-order valence-electron chi connectivity index (χ0n) is 14.9. The van der Waals surface area contributed by atoms with Crippen molar-refractivity contribution >= 4 is 5.91 Å². The number of hydrogen-bond acceptors (Lipinski definition) is 4. The van der Waals surface area contributed by atoms with Crippen LogP contribution in [-0.4, -0.2) is 35.5 Å². The van der Waals surface area contributed by atoms with Gasteiger partial charge in [-0.3, -0.25) is 4.79 Å². The Morgan fingerprint density at radius 1 is 1.16 bits per heavy atom. The zero-order chi connectivity index (χ0) is 17.5. The highest BCUT2D eigenvalue weighted by atomic mass is 16.5. The molecular formula is C20H26N2O3. The summed E-state index contributed by atoms with van der Waals surface area (Å²) in [5, 5.41) is 0. The van der Waals surface area contributed by atoms with Crippen molar-refractivity contribution in [3.63, 3.8) is 0 Å². The number of aryl methyl sites for hydroxylation is 1. The lowest BCUT2D eigenvalue weighted by molar-refractivity contribution is -0.131. The first-order chi connectivity index (χ1) is 12.3. The van der Waals surface area contributed by atoms with Crippen LogP contribution in [0.3, 0.4) is 0 Å². The monoisotopic (exact) mass is 342 g/mol. The number of rotatable bonds is 6. The number of aromatic nitrogens is 1. The van der Waals surface area contributed by atoms with Crippen molar-refractivity contribution < 1.29 is 13.9 Å². The van der Waals surface area contributed by atoms with Gasteiger partial charge in [-0.25, -0.2) is 4.98 Å². The van der Waals surface area contributed by atoms with Gasteiger partial charge in [-0.05, 0) is 44.0 Å². The molecule has 5 nitrogen and oxygen atoms in total. The number of hydrogen-bond donors (Lipinski definition) is 0. The molecule has 2 aromatic rings. The standard InChI is InChI=1S/C20H26N2O3/c1-2-24-17-9-7-16(8-10-17)18-15-21-19(25-18)11-12-20(23)22-13-5-3-4-6-14-22/h7-10,15H,2-6,11-14H2,1H3. The first kappa shape index (κ1) is 17.5. The Bertz CT molecular complexity index is 671. The van der Waals surface area contributed by atoms with Gasteiger partial charge in [-0.15, -0.1) is 0 Å². The molecule has 25 heavy (non-hydrogen) atoms. The van der Waals surface area contributed by atoms with E-state index in [0.29, 0.717) is 25.3 Å². The van der Waals surface area contributed by atoms with E-state index in [1.54, 1.807) is 6.20 Å². The lowest BCUT2D eigenvalue weighted by Gasteiger charge is -2.19. The molecule has 1 saturated heterocycles. The van der Waals surface area contributed by atoms with E-state index in [1.165, 1.54) is 12.8 Å². The van der Waals surface area contributed by atoms with Gasteiger partial charge >= 0.3 is 0 Å². The second kappa shape index (κ2) is 8.70. The molecule has 0 unspecified atom stereocenters. The Hall–Kier alpha value is -2.30. The first-order valence-corrected chi connectivity index (χ1v) is 9.22. The molecule has 0 radical (unpaired) electrons. The molecule has 0 aliphatic carbocycles. The maximum absolute atomic E-state index is 12.3. The van der Waals surface area contributed by atoms with Crippen LogP contribution in [0, 0.1) is 0 Å². The topological polar surface area (TPSA) is 55.6 Å². The molecule has 1 aliphatic rings. The molecule has 0 atom stereocenters. The molecule has 0 bridgehead atoms. The molecule has 5 heteroatoms. The Kier molecular flexibility index (Phi) is 6.09. The number of carbonyl (C=O) groups is 1. The van der Waals surface area contributed by atoms with E-state index in [2.05, 4.69) is 4.98 Å². The van der Waals surface area contributed by atoms with Crippen LogP contribution in [0.5, 0.6) is 5.75 Å². The number of amides is 1. The average Bonchev–Trinajstić information content (AvgIpc) is 2.94. The van der Waals surface area contributed by atoms with Crippen molar-refractivity contribution in [3.05, 3.63) is 36.4 Å². The third-order valence-electron chi connectivity index (χ3n) is 4.51. The van der Waals surface area contributed by atoms with Crippen LogP contribution >= 0.6 is 0 Å². The third kappa shape index (κ3) is 4.84. The highest BCUT2D eigenvalue weighted by Crippen LogP contribution is 2.23. The van der Waals surface area contributed by atoms with Gasteiger partial charge in [0.2, 0.25) is 5.91 Å². The molecule has 0 N–H and O–H groups in total. The summed E-state index contributed by atoms with van der Waals surface area (Å²) in [5.41, 5.74) is 0.959. The summed E-state index contributed by atoms with van der Waals surface area (Å²) >= 11 is 0. The molecule has 1 amide bonds. The molecule has 1 aromatic heterocycles. The van der Waals surface area contributed by atoms with Crippen LogP contribution in [0.2, 0.25) is 0 Å². The van der Waals surface area contributed by atoms with Crippen molar-refractivity contribution in [3.8, 4) is 17.1 Å². The van der Waals surface area contributed by atoms with Gasteiger partial charge < -0.3 is 14.1 Å². The van der Waals surface area contributed by atoms with E-state index in [9.17, 15) is 4.79 Å². The maximum atomic E-state index is 12.3. The van der Waals surface area contributed by atoms with Crippen molar-refractivity contribution in [1.29, 1.82) is 0 Å². The molecule has 0 spiro atoms. The van der Waals surface area contributed by atoms with Gasteiger partial charge in [0.15, 0.2) is 11.7 Å². The number of ether oxygens (including phenoxy) is 1. The molecule has 1 aromatic carbocycles. The molecule has 3 rings (SSSR count). The van der Waals surface area contributed by atoms with Crippen molar-refractivity contribution in [2.45, 2.75) is 45.4 Å². The van der Waals surface area contributed by atoms with Gasteiger partial charge in [0.1, 0.15) is 5.75 Å². The minimum Gasteiger partial charge on any atom is -0.494 e. The minimum atomic E-state index is 0.211. The molecule has 1 fully saturated rings. The number of oxazole rings is 1. The summed E-state index contributed by atoms with van der Waals surface area (Å²) in [7, 11) is 0. The van der Waals surface area contributed by atoms with E-state index in [4.69, 9.17) is 9.15 Å². The van der Waals surface area contributed by atoms with Crippen LogP contribution in [0.1, 0.15) is 44.9 Å². The Labute approximate surface area is 149 Å². The Morgan fingerprint density at radius 2 is 1.88 bits per heavy atom. The smallest absolute Gasteiger partial charge is 0.223 e. The highest BCUT2D eigenvalue weighted by molar-refractivity contribution is 5.76. The zero-order valence-corrected chi connectivity index (χ0v) is 14.9. The fourth-order valence-corrected chi connectivity index (χ4v) is 3.13. The molecule has 134 valence electrons. The van der Waals surface area contributed by atoms with Crippen LogP contribution in [0.15, 0.2) is 34.9 Å². The lowest BCUT2D eigenvalue weighted by atomic mass is 10.2. The predicted octanol–water partition coefficient (Wildman–Crippen LogP) is 4.08. The van der Waals surface area contributed by atoms with Crippen LogP contribution in [0.25, 0.3) is 11.3 Å². The van der Waals surface area contributed by atoms with Crippen molar-refractivity contribution in [2.75, 3.05) is 19.7 Å². The summed E-state index contributed by atoms with van der Waals surface area (Å²) in [6, 6.07) is 7.75. The van der Waals surface area contributed by atoms with Crippen LogP contribution in [-0.2, 0) is 11.2 Å². The van der Waals surface area contributed by atoms with E-state index in [1.807, 2.05) is 36.1 Å². The number of nitrogens with zero attached hydrogens (tertiary/aromatic N) is 2. The third-order valence-corrected chi connectivity index (χ3v) is 4.51. The summed E-state index contributed by atoms with van der Waals surface area (Å²) in [6.07, 6.45) is 7.43. The summed E-state index contributed by atoms with van der Waals surface area (Å²) in [4.78, 5) is 18.7. The minimum absolute atomic E-state index is 0.211. The molecule has 0 saturated carbocycles. The SMILES string of the molecule is CCOc1ccc(-c2cnc(CCC(=O)N3CCCCCC3)o2)cc1. The van der Waals surface area contributed by atoms with Crippen LogP contribution in [0.4, 0.5) is 0 Å². The number of carbonyl (C=O) groups excluding carboxylic acids is 1. The highest BCUT2D eigenvalue weighted by Gasteiger charge is 2.16. The predicted molar refractivity (Wildman–Crippen MR) is 96.5 cm³/mol. The van der Waals surface area contributed by atoms with E-state index in [0.717, 1.165) is 43.0 Å². The summed E-state index contributed by atoms with van der Waals surface area (Å²) in [5.74, 6) is 2.39. The largest absolute Gasteiger partial charge is 0.494 e. The average molecular weight is 342 g/mol. The van der Waals surface area contributed by atoms with Crippen molar-refractivity contribution in [1.82, 2.24) is 9.88 Å². The van der Waals surface area contributed by atoms with Gasteiger partial charge in [0, 0.05) is 31.5 Å². The van der Waals surface area contributed by atoms with Crippen LogP contribution < -0.4 is 4.74 Å². The Balaban J connectivity index is 1.55. The number of benzene rings is 1. The number of likely N-dealkylation sites (tertiary alicyclic amines) is 1. The maximum Gasteiger partial charge on any atom is 0.223 e. The van der Waals surface area contributed by atoms with E-state index in [-0.39, 0.29) is 5.91 Å². The summed E-state index contributed by atoms with van der Waals surface area (Å²) in [6.45, 7) is 4.39. The fraction of sp³-hybridized carbons (Fsp3) is 0.500. The van der Waals surface area contributed by atoms with E-state index >= 15 is 0 Å². The second-order valence-corrected chi connectivity index (χ2v) is 6.37. The van der Waals surface area contributed by atoms with Gasteiger partial charge in [0.05, 0.1) is 12.8 Å². The molecule has 2 heterocycles. The fourth-order valence-electron chi connectivity index (χ4n) is 3.13. The first-order valence-electron chi connectivity index (χ1n) is 9.22. The Morgan fingerprint density at radius 3 is 2.56 bits per heavy atom. The lowest BCUT2D eigenvalue weighted by Crippen LogP contribution is -2.31.